The van der Waals surface area contributed by atoms with Gasteiger partial charge in [-0.2, -0.15) is 0 Å². The van der Waals surface area contributed by atoms with Crippen molar-refractivity contribution in [2.24, 2.45) is 0 Å². The molecule has 2 nitrogen and oxygen atoms in total. The van der Waals surface area contributed by atoms with Crippen LogP contribution in [-0.2, 0) is 0 Å². The van der Waals surface area contributed by atoms with E-state index in [1.807, 2.05) is 19.1 Å². The molecule has 0 saturated carbocycles. The topological polar surface area (TPSA) is 24.1 Å². The first-order chi connectivity index (χ1) is 7.90. The molecular weight excluding hydrogens is 215 g/mol. The first-order valence-electron chi connectivity index (χ1n) is 6.13. The molecular formula is C14H23FN2. The molecule has 0 aliphatic carbocycles. The van der Waals surface area contributed by atoms with Crippen molar-refractivity contribution >= 4 is 0 Å². The quantitative estimate of drug-likeness (QED) is 0.771. The lowest BCUT2D eigenvalue weighted by Gasteiger charge is -2.22. The third kappa shape index (κ3) is 5.29. The molecule has 1 rings (SSSR count). The van der Waals surface area contributed by atoms with Crippen LogP contribution in [0.1, 0.15) is 39.3 Å². The van der Waals surface area contributed by atoms with Gasteiger partial charge in [0.2, 0.25) is 0 Å². The highest BCUT2D eigenvalue weighted by atomic mass is 19.1. The Labute approximate surface area is 104 Å². The van der Waals surface area contributed by atoms with E-state index in [-0.39, 0.29) is 17.4 Å². The molecule has 0 aliphatic heterocycles. The summed E-state index contributed by atoms with van der Waals surface area (Å²) in [6.07, 6.45) is 0. The molecule has 96 valence electrons. The van der Waals surface area contributed by atoms with Crippen LogP contribution in [0.3, 0.4) is 0 Å². The molecule has 1 atom stereocenters. The van der Waals surface area contributed by atoms with Crippen molar-refractivity contribution in [1.82, 2.24) is 10.6 Å². The molecule has 3 heteroatoms. The second kappa shape index (κ2) is 6.12. The fourth-order valence-electron chi connectivity index (χ4n) is 1.66. The number of hydrogen-bond donors (Lipinski definition) is 2. The average molecular weight is 238 g/mol. The molecule has 0 radical (unpaired) electrons. The number of nitrogens with one attached hydrogen (secondary N) is 2. The van der Waals surface area contributed by atoms with Crippen LogP contribution >= 0.6 is 0 Å². The van der Waals surface area contributed by atoms with Gasteiger partial charge in [-0.25, -0.2) is 4.39 Å². The third-order valence-corrected chi connectivity index (χ3v) is 2.60. The molecule has 0 aromatic heterocycles. The minimum Gasteiger partial charge on any atom is -0.311 e. The Morgan fingerprint density at radius 3 is 2.41 bits per heavy atom. The fraction of sp³-hybridized carbons (Fsp3) is 0.571. The Bertz CT molecular complexity index is 344. The van der Waals surface area contributed by atoms with E-state index < -0.39 is 0 Å². The van der Waals surface area contributed by atoms with Gasteiger partial charge in [-0.05, 0) is 33.8 Å². The Morgan fingerprint density at radius 2 is 1.82 bits per heavy atom. The summed E-state index contributed by atoms with van der Waals surface area (Å²) in [7, 11) is 0. The van der Waals surface area contributed by atoms with Crippen LogP contribution in [0, 0.1) is 5.82 Å². The summed E-state index contributed by atoms with van der Waals surface area (Å²) in [5.41, 5.74) is 0.853. The number of rotatable bonds is 5. The normalized spacial score (nSPS) is 13.7. The summed E-state index contributed by atoms with van der Waals surface area (Å²) in [6, 6.07) is 6.94. The molecule has 0 spiro atoms. The van der Waals surface area contributed by atoms with Crippen molar-refractivity contribution in [2.45, 2.75) is 39.3 Å². The lowest BCUT2D eigenvalue weighted by Crippen LogP contribution is -2.40. The first kappa shape index (κ1) is 14.1. The van der Waals surface area contributed by atoms with Crippen molar-refractivity contribution in [3.05, 3.63) is 35.6 Å². The molecule has 0 fully saturated rings. The summed E-state index contributed by atoms with van der Waals surface area (Å²) >= 11 is 0. The van der Waals surface area contributed by atoms with Gasteiger partial charge in [0.15, 0.2) is 0 Å². The van der Waals surface area contributed by atoms with E-state index in [1.54, 1.807) is 6.07 Å². The molecule has 0 saturated heterocycles. The van der Waals surface area contributed by atoms with Crippen LogP contribution in [0.5, 0.6) is 0 Å². The van der Waals surface area contributed by atoms with Crippen LogP contribution < -0.4 is 10.6 Å². The number of halogens is 1. The van der Waals surface area contributed by atoms with E-state index >= 15 is 0 Å². The molecule has 1 aromatic rings. The molecule has 1 aromatic carbocycles. The molecule has 0 bridgehead atoms. The minimum absolute atomic E-state index is 0.0398. The van der Waals surface area contributed by atoms with Crippen LogP contribution in [0.15, 0.2) is 24.3 Å². The van der Waals surface area contributed by atoms with Gasteiger partial charge in [0.05, 0.1) is 0 Å². The smallest absolute Gasteiger partial charge is 0.127 e. The van der Waals surface area contributed by atoms with Crippen LogP contribution in [0.2, 0.25) is 0 Å². The average Bonchev–Trinajstić information content (AvgIpc) is 2.23. The van der Waals surface area contributed by atoms with E-state index in [0.717, 1.165) is 18.7 Å². The Morgan fingerprint density at radius 1 is 1.18 bits per heavy atom. The van der Waals surface area contributed by atoms with Crippen molar-refractivity contribution in [3.63, 3.8) is 0 Å². The summed E-state index contributed by atoms with van der Waals surface area (Å²) in [5, 5.41) is 6.70. The van der Waals surface area contributed by atoms with Gasteiger partial charge in [-0.1, -0.05) is 18.2 Å². The van der Waals surface area contributed by atoms with Crippen LogP contribution in [-0.4, -0.2) is 18.6 Å². The lowest BCUT2D eigenvalue weighted by atomic mass is 10.1. The van der Waals surface area contributed by atoms with Crippen molar-refractivity contribution < 1.29 is 4.39 Å². The maximum atomic E-state index is 13.5. The van der Waals surface area contributed by atoms with Crippen molar-refractivity contribution in [1.29, 1.82) is 0 Å². The van der Waals surface area contributed by atoms with Gasteiger partial charge in [0.25, 0.3) is 0 Å². The molecule has 17 heavy (non-hydrogen) atoms. The SMILES string of the molecule is CC(NCCNC(C)(C)C)c1ccccc1F. The van der Waals surface area contributed by atoms with Gasteiger partial charge in [-0.15, -0.1) is 0 Å². The van der Waals surface area contributed by atoms with Gasteiger partial charge in [-0.3, -0.25) is 0 Å². The molecule has 2 N–H and O–H groups in total. The van der Waals surface area contributed by atoms with Crippen LogP contribution in [0.25, 0.3) is 0 Å². The zero-order valence-corrected chi connectivity index (χ0v) is 11.2. The zero-order valence-electron chi connectivity index (χ0n) is 11.2. The van der Waals surface area contributed by atoms with Gasteiger partial charge in [0, 0.05) is 30.2 Å². The minimum atomic E-state index is -0.142. The van der Waals surface area contributed by atoms with E-state index in [0.29, 0.717) is 0 Å². The van der Waals surface area contributed by atoms with Crippen LogP contribution in [0.4, 0.5) is 4.39 Å². The number of hydrogen-bond acceptors (Lipinski definition) is 2. The highest BCUT2D eigenvalue weighted by Gasteiger charge is 2.10. The molecule has 1 unspecified atom stereocenters. The summed E-state index contributed by atoms with van der Waals surface area (Å²) in [5.74, 6) is -0.142. The van der Waals surface area contributed by atoms with E-state index in [1.165, 1.54) is 6.07 Å². The first-order valence-corrected chi connectivity index (χ1v) is 6.13. The number of benzene rings is 1. The second-order valence-electron chi connectivity index (χ2n) is 5.37. The predicted octanol–water partition coefficient (Wildman–Crippen LogP) is 2.86. The summed E-state index contributed by atoms with van der Waals surface area (Å²) in [4.78, 5) is 0. The maximum Gasteiger partial charge on any atom is 0.127 e. The zero-order chi connectivity index (χ0) is 12.9. The molecule has 0 heterocycles. The van der Waals surface area contributed by atoms with Crippen molar-refractivity contribution in [3.8, 4) is 0 Å². The monoisotopic (exact) mass is 238 g/mol. The molecule has 0 amide bonds. The third-order valence-electron chi connectivity index (χ3n) is 2.60. The lowest BCUT2D eigenvalue weighted by molar-refractivity contribution is 0.412. The van der Waals surface area contributed by atoms with Crippen molar-refractivity contribution in [2.75, 3.05) is 13.1 Å². The van der Waals surface area contributed by atoms with E-state index in [4.69, 9.17) is 0 Å². The Kier molecular flexibility index (Phi) is 5.09. The standard InChI is InChI=1S/C14H23FN2/c1-11(12-7-5-6-8-13(12)15)16-9-10-17-14(2,3)4/h5-8,11,16-17H,9-10H2,1-4H3. The van der Waals surface area contributed by atoms with E-state index in [9.17, 15) is 4.39 Å². The van der Waals surface area contributed by atoms with Gasteiger partial charge in [0.1, 0.15) is 5.82 Å². The second-order valence-corrected chi connectivity index (χ2v) is 5.37. The summed E-state index contributed by atoms with van der Waals surface area (Å²) in [6.45, 7) is 10.1. The molecule has 0 aliphatic rings. The van der Waals surface area contributed by atoms with Gasteiger partial charge < -0.3 is 10.6 Å². The highest BCUT2D eigenvalue weighted by molar-refractivity contribution is 5.20. The Hall–Kier alpha value is -0.930. The Balaban J connectivity index is 2.36. The highest BCUT2D eigenvalue weighted by Crippen LogP contribution is 2.15. The fourth-order valence-corrected chi connectivity index (χ4v) is 1.66. The summed E-state index contributed by atoms with van der Waals surface area (Å²) < 4.78 is 13.5. The van der Waals surface area contributed by atoms with Gasteiger partial charge >= 0.3 is 0 Å². The predicted molar refractivity (Wildman–Crippen MR) is 70.6 cm³/mol. The largest absolute Gasteiger partial charge is 0.311 e. The maximum absolute atomic E-state index is 13.5. The van der Waals surface area contributed by atoms with E-state index in [2.05, 4.69) is 31.4 Å².